The molecular weight excluding hydrogens is 420 g/mol. The molecule has 0 bridgehead atoms. The van der Waals surface area contributed by atoms with Crippen molar-refractivity contribution < 1.29 is 19.4 Å². The van der Waals surface area contributed by atoms with Crippen molar-refractivity contribution >= 4 is 57.7 Å². The molecule has 1 rings (SSSR count). The van der Waals surface area contributed by atoms with Gasteiger partial charge in [0.25, 0.3) is 5.91 Å². The maximum absolute atomic E-state index is 12.1. The first-order valence-electron chi connectivity index (χ1n) is 5.54. The second-order valence-electron chi connectivity index (χ2n) is 3.89. The Morgan fingerprint density at radius 1 is 1.45 bits per heavy atom. The Bertz CT molecular complexity index is 524. The van der Waals surface area contributed by atoms with Crippen LogP contribution in [0, 0.1) is 3.57 Å². The van der Waals surface area contributed by atoms with Crippen LogP contribution in [0.2, 0.25) is 10.0 Å². The molecule has 5 nitrogen and oxygen atoms in total. The van der Waals surface area contributed by atoms with Crippen molar-refractivity contribution in [1.29, 1.82) is 0 Å². The molecule has 0 aromatic heterocycles. The Morgan fingerprint density at radius 2 is 2.10 bits per heavy atom. The zero-order valence-electron chi connectivity index (χ0n) is 10.5. The molecule has 0 radical (unpaired) electrons. The van der Waals surface area contributed by atoms with E-state index < -0.39 is 17.9 Å². The van der Waals surface area contributed by atoms with Gasteiger partial charge in [-0.05, 0) is 34.7 Å². The van der Waals surface area contributed by atoms with Crippen LogP contribution in [0.5, 0.6) is 0 Å². The molecule has 0 saturated heterocycles. The summed E-state index contributed by atoms with van der Waals surface area (Å²) in [5.41, 5.74) is 0.242. The van der Waals surface area contributed by atoms with E-state index in [0.717, 1.165) is 0 Å². The van der Waals surface area contributed by atoms with Crippen molar-refractivity contribution in [3.8, 4) is 0 Å². The van der Waals surface area contributed by atoms with Crippen molar-refractivity contribution in [1.82, 2.24) is 5.32 Å². The molecule has 110 valence electrons. The number of methoxy groups -OCH3 is 1. The van der Waals surface area contributed by atoms with Crippen LogP contribution < -0.4 is 5.32 Å². The normalized spacial score (nSPS) is 12.0. The van der Waals surface area contributed by atoms with E-state index in [4.69, 9.17) is 33.0 Å². The molecule has 0 aliphatic carbocycles. The zero-order chi connectivity index (χ0) is 15.3. The summed E-state index contributed by atoms with van der Waals surface area (Å²) < 4.78 is 5.33. The summed E-state index contributed by atoms with van der Waals surface area (Å²) in [6.07, 6.45) is 0.169. The lowest BCUT2D eigenvalue weighted by Gasteiger charge is -2.15. The average Bonchev–Trinajstić information content (AvgIpc) is 2.38. The third-order valence-electron chi connectivity index (χ3n) is 2.45. The number of halogens is 3. The third kappa shape index (κ3) is 4.76. The minimum atomic E-state index is -1.13. The number of hydrogen-bond donors (Lipinski definition) is 2. The van der Waals surface area contributed by atoms with Gasteiger partial charge in [-0.3, -0.25) is 4.79 Å². The summed E-state index contributed by atoms with van der Waals surface area (Å²) in [6, 6.07) is 1.93. The van der Waals surface area contributed by atoms with E-state index in [9.17, 15) is 9.59 Å². The minimum Gasteiger partial charge on any atom is -0.480 e. The van der Waals surface area contributed by atoms with Crippen LogP contribution in [0.3, 0.4) is 0 Å². The van der Waals surface area contributed by atoms with Gasteiger partial charge in [-0.25, -0.2) is 4.79 Å². The van der Waals surface area contributed by atoms with Gasteiger partial charge in [0.1, 0.15) is 6.04 Å². The van der Waals surface area contributed by atoms with Gasteiger partial charge in [0.15, 0.2) is 0 Å². The van der Waals surface area contributed by atoms with Gasteiger partial charge in [-0.2, -0.15) is 0 Å². The van der Waals surface area contributed by atoms with Crippen LogP contribution in [0.25, 0.3) is 0 Å². The molecule has 1 aromatic rings. The number of aliphatic carboxylic acids is 1. The Kier molecular flexibility index (Phi) is 7.01. The van der Waals surface area contributed by atoms with Gasteiger partial charge in [0.05, 0.1) is 10.6 Å². The number of carbonyl (C=O) groups excluding carboxylic acids is 1. The highest BCUT2D eigenvalue weighted by atomic mass is 127. The van der Waals surface area contributed by atoms with Gasteiger partial charge in [-0.1, -0.05) is 23.2 Å². The topological polar surface area (TPSA) is 75.6 Å². The molecular formula is C12H12Cl2INO4. The molecule has 0 saturated carbocycles. The fourth-order valence-corrected chi connectivity index (χ4v) is 2.50. The first-order valence-corrected chi connectivity index (χ1v) is 7.37. The molecule has 0 heterocycles. The number of amides is 1. The van der Waals surface area contributed by atoms with Gasteiger partial charge < -0.3 is 15.2 Å². The van der Waals surface area contributed by atoms with E-state index in [-0.39, 0.29) is 18.6 Å². The van der Waals surface area contributed by atoms with Crippen molar-refractivity contribution in [2.45, 2.75) is 12.5 Å². The number of rotatable bonds is 6. The predicted octanol–water partition coefficient (Wildman–Crippen LogP) is 2.82. The minimum absolute atomic E-state index is 0.169. The highest BCUT2D eigenvalue weighted by Gasteiger charge is 2.22. The van der Waals surface area contributed by atoms with Crippen molar-refractivity contribution in [2.24, 2.45) is 0 Å². The standard InChI is InChI=1S/C12H12Cl2INO4/c1-20-3-2-9(12(18)19)16-11(17)7-4-6(13)5-8(14)10(7)15/h4-5,9H,2-3H2,1H3,(H,16,17)(H,18,19). The van der Waals surface area contributed by atoms with Crippen molar-refractivity contribution in [3.05, 3.63) is 31.3 Å². The molecule has 8 heteroatoms. The fraction of sp³-hybridized carbons (Fsp3) is 0.333. The first-order chi connectivity index (χ1) is 9.36. The van der Waals surface area contributed by atoms with E-state index >= 15 is 0 Å². The lowest BCUT2D eigenvalue weighted by Crippen LogP contribution is -2.41. The number of carboxylic acid groups (broad SMARTS) is 1. The van der Waals surface area contributed by atoms with Crippen LogP contribution >= 0.6 is 45.8 Å². The maximum atomic E-state index is 12.1. The van der Waals surface area contributed by atoms with Gasteiger partial charge in [-0.15, -0.1) is 0 Å². The molecule has 2 N–H and O–H groups in total. The second kappa shape index (κ2) is 8.02. The fourth-order valence-electron chi connectivity index (χ4n) is 1.45. The predicted molar refractivity (Wildman–Crippen MR) is 84.6 cm³/mol. The maximum Gasteiger partial charge on any atom is 0.326 e. The largest absolute Gasteiger partial charge is 0.480 e. The van der Waals surface area contributed by atoms with Crippen molar-refractivity contribution in [3.63, 3.8) is 0 Å². The zero-order valence-corrected chi connectivity index (χ0v) is 14.1. The lowest BCUT2D eigenvalue weighted by molar-refractivity contribution is -0.139. The van der Waals surface area contributed by atoms with E-state index in [0.29, 0.717) is 13.6 Å². The Morgan fingerprint density at radius 3 is 2.65 bits per heavy atom. The molecule has 0 aliphatic rings. The van der Waals surface area contributed by atoms with E-state index in [1.54, 1.807) is 0 Å². The van der Waals surface area contributed by atoms with Crippen LogP contribution in [-0.4, -0.2) is 36.7 Å². The van der Waals surface area contributed by atoms with Gasteiger partial charge >= 0.3 is 5.97 Å². The molecule has 0 aliphatic heterocycles. The highest BCUT2D eigenvalue weighted by Crippen LogP contribution is 2.26. The van der Waals surface area contributed by atoms with Gasteiger partial charge in [0, 0.05) is 28.7 Å². The quantitative estimate of drug-likeness (QED) is 0.536. The molecule has 0 spiro atoms. The SMILES string of the molecule is COCCC(NC(=O)c1cc(Cl)cc(Cl)c1I)C(=O)O. The number of hydrogen-bond acceptors (Lipinski definition) is 3. The molecule has 0 fully saturated rings. The van der Waals surface area contributed by atoms with E-state index in [1.165, 1.54) is 19.2 Å². The summed E-state index contributed by atoms with van der Waals surface area (Å²) >= 11 is 13.7. The number of nitrogens with one attached hydrogen (secondary N) is 1. The third-order valence-corrected chi connectivity index (χ3v) is 4.45. The molecule has 1 unspecified atom stereocenters. The first kappa shape index (κ1) is 17.5. The number of benzene rings is 1. The highest BCUT2D eigenvalue weighted by molar-refractivity contribution is 14.1. The van der Waals surface area contributed by atoms with Crippen LogP contribution in [-0.2, 0) is 9.53 Å². The summed E-state index contributed by atoms with van der Waals surface area (Å²) in [5, 5.41) is 12.1. The summed E-state index contributed by atoms with van der Waals surface area (Å²) in [4.78, 5) is 23.2. The Balaban J connectivity index is 2.92. The van der Waals surface area contributed by atoms with Crippen LogP contribution in [0.1, 0.15) is 16.8 Å². The molecule has 20 heavy (non-hydrogen) atoms. The smallest absolute Gasteiger partial charge is 0.326 e. The second-order valence-corrected chi connectivity index (χ2v) is 5.82. The number of ether oxygens (including phenoxy) is 1. The molecule has 1 aromatic carbocycles. The summed E-state index contributed by atoms with van der Waals surface area (Å²) in [7, 11) is 1.46. The molecule has 1 atom stereocenters. The number of carboxylic acids is 1. The molecule has 1 amide bonds. The monoisotopic (exact) mass is 431 g/mol. The van der Waals surface area contributed by atoms with E-state index in [2.05, 4.69) is 5.32 Å². The average molecular weight is 432 g/mol. The Labute approximate surface area is 139 Å². The lowest BCUT2D eigenvalue weighted by atomic mass is 10.1. The summed E-state index contributed by atoms with van der Waals surface area (Å²) in [5.74, 6) is -1.67. The number of carbonyl (C=O) groups is 2. The summed E-state index contributed by atoms with van der Waals surface area (Å²) in [6.45, 7) is 0.227. The van der Waals surface area contributed by atoms with Gasteiger partial charge in [0.2, 0.25) is 0 Å². The van der Waals surface area contributed by atoms with Crippen molar-refractivity contribution in [2.75, 3.05) is 13.7 Å². The van der Waals surface area contributed by atoms with E-state index in [1.807, 2.05) is 22.6 Å². The van der Waals surface area contributed by atoms with Crippen LogP contribution in [0.15, 0.2) is 12.1 Å². The van der Waals surface area contributed by atoms with Crippen LogP contribution in [0.4, 0.5) is 0 Å². The Hall–Kier alpha value is -0.570.